The fourth-order valence-electron chi connectivity index (χ4n) is 1.60. The number of ether oxygens (including phenoxy) is 1. The van der Waals surface area contributed by atoms with Crippen molar-refractivity contribution in [2.24, 2.45) is 0 Å². The van der Waals surface area contributed by atoms with E-state index in [-0.39, 0.29) is 10.3 Å². The summed E-state index contributed by atoms with van der Waals surface area (Å²) in [6.45, 7) is 2.07. The summed E-state index contributed by atoms with van der Waals surface area (Å²) < 4.78 is 29.5. The van der Waals surface area contributed by atoms with Gasteiger partial charge in [-0.3, -0.25) is 4.79 Å². The summed E-state index contributed by atoms with van der Waals surface area (Å²) >= 11 is 1.91. The number of rotatable bonds is 3. The molecule has 3 aromatic rings. The van der Waals surface area contributed by atoms with Crippen LogP contribution in [0.5, 0.6) is 0 Å². The predicted octanol–water partition coefficient (Wildman–Crippen LogP) is 4.24. The van der Waals surface area contributed by atoms with Gasteiger partial charge in [0.05, 0.1) is 6.61 Å². The van der Waals surface area contributed by atoms with Crippen molar-refractivity contribution in [1.82, 2.24) is 4.98 Å². The number of hydrogen-bond acceptors (Lipinski definition) is 5. The molecule has 1 N–H and O–H groups in total. The first-order chi connectivity index (χ1) is 10.5. The smallest absolute Gasteiger partial charge is 0.354 e. The van der Waals surface area contributed by atoms with E-state index in [0.717, 1.165) is 22.7 Å². The summed E-state index contributed by atoms with van der Waals surface area (Å²) in [4.78, 5) is 24.6. The number of esters is 1. The number of aldehydes is 1. The number of H-pyrrole nitrogens is 1. The largest absolute Gasteiger partial charge is 0.461 e. The molecule has 0 fully saturated rings. The Morgan fingerprint density at radius 1 is 1.32 bits per heavy atom. The van der Waals surface area contributed by atoms with Crippen molar-refractivity contribution in [3.8, 4) is 0 Å². The van der Waals surface area contributed by atoms with Crippen LogP contribution >= 0.6 is 22.7 Å². The van der Waals surface area contributed by atoms with Crippen molar-refractivity contribution < 1.29 is 23.1 Å². The van der Waals surface area contributed by atoms with Crippen LogP contribution in [-0.2, 0) is 4.74 Å². The molecule has 0 aliphatic heterocycles. The molecule has 3 heterocycles. The van der Waals surface area contributed by atoms with Crippen molar-refractivity contribution in [3.05, 3.63) is 45.1 Å². The maximum Gasteiger partial charge on any atom is 0.354 e. The fourth-order valence-corrected chi connectivity index (χ4v) is 2.95. The average molecular weight is 343 g/mol. The lowest BCUT2D eigenvalue weighted by Gasteiger charge is -1.96. The Hall–Kier alpha value is -2.06. The molecule has 0 saturated heterocycles. The summed E-state index contributed by atoms with van der Waals surface area (Å²) in [7, 11) is 0. The first-order valence-corrected chi connectivity index (χ1v) is 7.87. The summed E-state index contributed by atoms with van der Waals surface area (Å²) in [5.41, 5.74) is 0.778. The van der Waals surface area contributed by atoms with E-state index in [9.17, 15) is 18.4 Å². The van der Waals surface area contributed by atoms with Gasteiger partial charge in [0, 0.05) is 16.3 Å². The molecule has 22 heavy (non-hydrogen) atoms. The van der Waals surface area contributed by atoms with E-state index < -0.39 is 5.97 Å². The Bertz CT molecular complexity index is 760. The second-order valence-corrected chi connectivity index (χ2v) is 5.90. The molecule has 8 heteroatoms. The molecule has 116 valence electrons. The highest BCUT2D eigenvalue weighted by atomic mass is 32.1. The first-order valence-electron chi connectivity index (χ1n) is 6.18. The SMILES string of the molecule is CCOC(=O)c1cc2cc(F)sc2[nH]1.O=Cc1csc(F)c1. The topological polar surface area (TPSA) is 59.2 Å². The van der Waals surface area contributed by atoms with Gasteiger partial charge in [-0.2, -0.15) is 8.78 Å². The Morgan fingerprint density at radius 2 is 2.09 bits per heavy atom. The van der Waals surface area contributed by atoms with Gasteiger partial charge < -0.3 is 9.72 Å². The fraction of sp³-hybridized carbons (Fsp3) is 0.143. The number of thiophene rings is 2. The van der Waals surface area contributed by atoms with Gasteiger partial charge in [0.25, 0.3) is 0 Å². The third-order valence-electron chi connectivity index (χ3n) is 2.50. The van der Waals surface area contributed by atoms with Crippen molar-refractivity contribution in [2.45, 2.75) is 6.92 Å². The maximum atomic E-state index is 12.7. The number of carbonyl (C=O) groups is 2. The van der Waals surface area contributed by atoms with Crippen LogP contribution in [0.15, 0.2) is 23.6 Å². The number of aromatic amines is 1. The Kier molecular flexibility index (Phi) is 5.40. The van der Waals surface area contributed by atoms with Gasteiger partial charge in [-0.1, -0.05) is 11.3 Å². The molecule has 0 bridgehead atoms. The number of halogens is 2. The summed E-state index contributed by atoms with van der Waals surface area (Å²) in [5, 5.41) is 1.60. The van der Waals surface area contributed by atoms with Crippen LogP contribution in [0.25, 0.3) is 10.2 Å². The van der Waals surface area contributed by atoms with Gasteiger partial charge in [-0.25, -0.2) is 4.79 Å². The monoisotopic (exact) mass is 343 g/mol. The minimum absolute atomic E-state index is 0.262. The zero-order valence-electron chi connectivity index (χ0n) is 11.4. The minimum Gasteiger partial charge on any atom is -0.461 e. The second kappa shape index (κ2) is 7.28. The van der Waals surface area contributed by atoms with Crippen LogP contribution in [0.4, 0.5) is 8.78 Å². The quantitative estimate of drug-likeness (QED) is 0.571. The number of carbonyl (C=O) groups excluding carboxylic acids is 2. The Labute approximate surface area is 132 Å². The molecule has 0 atom stereocenters. The summed E-state index contributed by atoms with van der Waals surface area (Å²) in [5.74, 6) is -0.406. The number of hydrogen-bond donors (Lipinski definition) is 1. The van der Waals surface area contributed by atoms with Crippen molar-refractivity contribution in [2.75, 3.05) is 6.61 Å². The van der Waals surface area contributed by atoms with Crippen LogP contribution in [-0.4, -0.2) is 23.8 Å². The zero-order valence-corrected chi connectivity index (χ0v) is 13.0. The molecule has 0 saturated carbocycles. The highest BCUT2D eigenvalue weighted by molar-refractivity contribution is 7.17. The van der Waals surface area contributed by atoms with E-state index in [0.29, 0.717) is 34.4 Å². The minimum atomic E-state index is -0.406. The number of fused-ring (bicyclic) bond motifs is 1. The van der Waals surface area contributed by atoms with Gasteiger partial charge in [-0.05, 0) is 25.1 Å². The molecular formula is C14H11F2NO3S2. The number of aromatic nitrogens is 1. The van der Waals surface area contributed by atoms with E-state index >= 15 is 0 Å². The van der Waals surface area contributed by atoms with E-state index in [1.165, 1.54) is 17.5 Å². The Morgan fingerprint density at radius 3 is 2.59 bits per heavy atom. The van der Waals surface area contributed by atoms with Crippen LogP contribution in [0, 0.1) is 10.3 Å². The normalized spacial score (nSPS) is 10.1. The average Bonchev–Trinajstić information content (AvgIpc) is 3.14. The molecule has 0 amide bonds. The highest BCUT2D eigenvalue weighted by Crippen LogP contribution is 2.24. The molecule has 0 aliphatic rings. The van der Waals surface area contributed by atoms with E-state index in [1.54, 1.807) is 13.0 Å². The lowest BCUT2D eigenvalue weighted by Crippen LogP contribution is -2.04. The molecule has 4 nitrogen and oxygen atoms in total. The first kappa shape index (κ1) is 16.3. The predicted molar refractivity (Wildman–Crippen MR) is 81.8 cm³/mol. The van der Waals surface area contributed by atoms with Gasteiger partial charge in [0.15, 0.2) is 16.5 Å². The third-order valence-corrected chi connectivity index (χ3v) is 4.09. The van der Waals surface area contributed by atoms with Crippen molar-refractivity contribution in [3.63, 3.8) is 0 Å². The third kappa shape index (κ3) is 3.99. The van der Waals surface area contributed by atoms with Gasteiger partial charge in [-0.15, -0.1) is 11.3 Å². The standard InChI is InChI=1S/C9H8FNO2S.C5H3FOS/c1-2-13-9(12)6-3-5-4-7(10)14-8(5)11-6;6-5-1-4(2-7)3-8-5/h3-4,11H,2H2,1H3;1-3H. The highest BCUT2D eigenvalue weighted by Gasteiger charge is 2.12. The zero-order chi connectivity index (χ0) is 16.1. The molecule has 0 aromatic carbocycles. The molecule has 3 rings (SSSR count). The molecule has 3 aromatic heterocycles. The molecule has 0 aliphatic carbocycles. The second-order valence-electron chi connectivity index (χ2n) is 4.04. The van der Waals surface area contributed by atoms with Gasteiger partial charge in [0.2, 0.25) is 0 Å². The summed E-state index contributed by atoms with van der Waals surface area (Å²) in [6.07, 6.45) is 0.625. The van der Waals surface area contributed by atoms with Crippen LogP contribution < -0.4 is 0 Å². The van der Waals surface area contributed by atoms with Gasteiger partial charge in [0.1, 0.15) is 10.5 Å². The Balaban J connectivity index is 0.000000188. The van der Waals surface area contributed by atoms with E-state index in [4.69, 9.17) is 4.74 Å². The van der Waals surface area contributed by atoms with Crippen LogP contribution in [0.3, 0.4) is 0 Å². The van der Waals surface area contributed by atoms with Crippen LogP contribution in [0.1, 0.15) is 27.8 Å². The van der Waals surface area contributed by atoms with E-state index in [2.05, 4.69) is 4.98 Å². The maximum absolute atomic E-state index is 12.7. The molecular weight excluding hydrogens is 332 g/mol. The molecule has 0 spiro atoms. The van der Waals surface area contributed by atoms with E-state index in [1.807, 2.05) is 0 Å². The lowest BCUT2D eigenvalue weighted by atomic mass is 10.3. The molecule has 0 radical (unpaired) electrons. The van der Waals surface area contributed by atoms with Crippen molar-refractivity contribution >= 4 is 45.1 Å². The molecule has 0 unspecified atom stereocenters. The lowest BCUT2D eigenvalue weighted by molar-refractivity contribution is 0.0520. The van der Waals surface area contributed by atoms with Crippen molar-refractivity contribution in [1.29, 1.82) is 0 Å². The van der Waals surface area contributed by atoms with Gasteiger partial charge >= 0.3 is 5.97 Å². The number of nitrogens with one attached hydrogen (secondary N) is 1. The summed E-state index contributed by atoms with van der Waals surface area (Å²) in [6, 6.07) is 4.18. The van der Waals surface area contributed by atoms with Crippen LogP contribution in [0.2, 0.25) is 0 Å².